The highest BCUT2D eigenvalue weighted by Crippen LogP contribution is 2.19. The van der Waals surface area contributed by atoms with Gasteiger partial charge in [-0.2, -0.15) is 0 Å². The van der Waals surface area contributed by atoms with Gasteiger partial charge in [-0.3, -0.25) is 0 Å². The summed E-state index contributed by atoms with van der Waals surface area (Å²) in [5.41, 5.74) is 1.20. The Bertz CT molecular complexity index is 315. The maximum Gasteiger partial charge on any atom is 0.124 e. The third kappa shape index (κ3) is 5.20. The number of hydrogen-bond donors (Lipinski definition) is 1. The Labute approximate surface area is 104 Å². The number of hydrogen-bond acceptors (Lipinski definition) is 3. The van der Waals surface area contributed by atoms with Crippen molar-refractivity contribution in [3.05, 3.63) is 29.8 Å². The van der Waals surface area contributed by atoms with Crippen molar-refractivity contribution in [2.24, 2.45) is 0 Å². The maximum atomic E-state index is 5.85. The normalized spacial score (nSPS) is 12.4. The first-order chi connectivity index (χ1) is 8.27. The minimum Gasteiger partial charge on any atom is -0.488 e. The minimum absolute atomic E-state index is 0.0762. The van der Waals surface area contributed by atoms with E-state index in [2.05, 4.69) is 18.3 Å². The molecule has 0 aromatic heterocycles. The van der Waals surface area contributed by atoms with Gasteiger partial charge in [-0.25, -0.2) is 0 Å². The summed E-state index contributed by atoms with van der Waals surface area (Å²) in [6.45, 7) is 6.66. The Hall–Kier alpha value is -1.06. The molecule has 0 aliphatic carbocycles. The fourth-order valence-corrected chi connectivity index (χ4v) is 1.65. The molecule has 1 atom stereocenters. The van der Waals surface area contributed by atoms with E-state index < -0.39 is 0 Å². The van der Waals surface area contributed by atoms with Crippen LogP contribution in [0.15, 0.2) is 24.3 Å². The van der Waals surface area contributed by atoms with Gasteiger partial charge < -0.3 is 14.8 Å². The summed E-state index contributed by atoms with van der Waals surface area (Å²) in [6.07, 6.45) is 1.22. The average Bonchev–Trinajstić information content (AvgIpc) is 2.32. The topological polar surface area (TPSA) is 30.5 Å². The summed E-state index contributed by atoms with van der Waals surface area (Å²) in [5.74, 6) is 0.945. The van der Waals surface area contributed by atoms with Crippen LogP contribution < -0.4 is 10.1 Å². The lowest BCUT2D eigenvalue weighted by atomic mass is 10.2. The molecule has 1 aromatic rings. The molecule has 0 aliphatic heterocycles. The third-order valence-corrected chi connectivity index (χ3v) is 2.44. The third-order valence-electron chi connectivity index (χ3n) is 2.44. The van der Waals surface area contributed by atoms with E-state index in [1.165, 1.54) is 5.56 Å². The van der Waals surface area contributed by atoms with Gasteiger partial charge in [0.05, 0.1) is 6.61 Å². The molecule has 0 bridgehead atoms. The van der Waals surface area contributed by atoms with E-state index in [0.29, 0.717) is 6.61 Å². The van der Waals surface area contributed by atoms with Gasteiger partial charge in [0.1, 0.15) is 11.9 Å². The monoisotopic (exact) mass is 237 g/mol. The van der Waals surface area contributed by atoms with Crippen molar-refractivity contribution in [1.29, 1.82) is 0 Å². The molecule has 0 aliphatic rings. The van der Waals surface area contributed by atoms with Gasteiger partial charge in [0.15, 0.2) is 0 Å². The van der Waals surface area contributed by atoms with Crippen LogP contribution in [0.5, 0.6) is 5.75 Å². The van der Waals surface area contributed by atoms with E-state index in [-0.39, 0.29) is 6.10 Å². The zero-order chi connectivity index (χ0) is 12.5. The van der Waals surface area contributed by atoms with Gasteiger partial charge in [0.2, 0.25) is 0 Å². The standard InChI is InChI=1S/C14H23NO2/c1-4-9-15-10-13-7-5-6-8-14(13)17-12(2)11-16-3/h5-8,12,15H,4,9-11H2,1-3H3. The number of para-hydroxylation sites is 1. The maximum absolute atomic E-state index is 5.85. The van der Waals surface area contributed by atoms with Crippen molar-refractivity contribution < 1.29 is 9.47 Å². The highest BCUT2D eigenvalue weighted by Gasteiger charge is 2.07. The predicted octanol–water partition coefficient (Wildman–Crippen LogP) is 2.60. The summed E-state index contributed by atoms with van der Waals surface area (Å²) in [6, 6.07) is 8.14. The minimum atomic E-state index is 0.0762. The van der Waals surface area contributed by atoms with E-state index in [1.807, 2.05) is 25.1 Å². The lowest BCUT2D eigenvalue weighted by Gasteiger charge is -2.17. The fraction of sp³-hybridized carbons (Fsp3) is 0.571. The fourth-order valence-electron chi connectivity index (χ4n) is 1.65. The summed E-state index contributed by atoms with van der Waals surface area (Å²) < 4.78 is 10.9. The molecule has 3 nitrogen and oxygen atoms in total. The van der Waals surface area contributed by atoms with Crippen LogP contribution >= 0.6 is 0 Å². The number of methoxy groups -OCH3 is 1. The first kappa shape index (κ1) is 14.0. The highest BCUT2D eigenvalue weighted by atomic mass is 16.5. The molecule has 0 saturated heterocycles. The Morgan fingerprint density at radius 3 is 2.76 bits per heavy atom. The van der Waals surface area contributed by atoms with Gasteiger partial charge in [-0.15, -0.1) is 0 Å². The Balaban J connectivity index is 2.57. The van der Waals surface area contributed by atoms with Gasteiger partial charge in [-0.05, 0) is 26.0 Å². The largest absolute Gasteiger partial charge is 0.488 e. The van der Waals surface area contributed by atoms with Crippen molar-refractivity contribution in [3.63, 3.8) is 0 Å². The molecule has 1 aromatic carbocycles. The first-order valence-electron chi connectivity index (χ1n) is 6.22. The molecule has 1 N–H and O–H groups in total. The van der Waals surface area contributed by atoms with Crippen LogP contribution in [-0.2, 0) is 11.3 Å². The van der Waals surface area contributed by atoms with Crippen LogP contribution in [0.1, 0.15) is 25.8 Å². The molecule has 0 amide bonds. The van der Waals surface area contributed by atoms with Gasteiger partial charge in [0.25, 0.3) is 0 Å². The van der Waals surface area contributed by atoms with E-state index in [4.69, 9.17) is 9.47 Å². The van der Waals surface area contributed by atoms with Crippen LogP contribution in [0.25, 0.3) is 0 Å². The Kier molecular flexibility index (Phi) is 6.67. The van der Waals surface area contributed by atoms with E-state index >= 15 is 0 Å². The predicted molar refractivity (Wildman–Crippen MR) is 70.4 cm³/mol. The van der Waals surface area contributed by atoms with Crippen LogP contribution in [0.3, 0.4) is 0 Å². The van der Waals surface area contributed by atoms with Crippen molar-refractivity contribution in [1.82, 2.24) is 5.32 Å². The van der Waals surface area contributed by atoms with Gasteiger partial charge in [0, 0.05) is 19.2 Å². The van der Waals surface area contributed by atoms with Crippen LogP contribution in [0.2, 0.25) is 0 Å². The second-order valence-corrected chi connectivity index (χ2v) is 4.17. The molecule has 1 rings (SSSR count). The molecule has 3 heteroatoms. The molecule has 0 spiro atoms. The SMILES string of the molecule is CCCNCc1ccccc1OC(C)COC. The van der Waals surface area contributed by atoms with E-state index in [9.17, 15) is 0 Å². The van der Waals surface area contributed by atoms with Crippen LogP contribution in [-0.4, -0.2) is 26.4 Å². The molecule has 0 saturated carbocycles. The lowest BCUT2D eigenvalue weighted by Crippen LogP contribution is -2.20. The highest BCUT2D eigenvalue weighted by molar-refractivity contribution is 5.33. The van der Waals surface area contributed by atoms with Crippen LogP contribution in [0.4, 0.5) is 0 Å². The van der Waals surface area contributed by atoms with Gasteiger partial charge in [-0.1, -0.05) is 25.1 Å². The van der Waals surface area contributed by atoms with Crippen LogP contribution in [0, 0.1) is 0 Å². The number of rotatable bonds is 8. The lowest BCUT2D eigenvalue weighted by molar-refractivity contribution is 0.0913. The van der Waals surface area contributed by atoms with Crippen molar-refractivity contribution in [3.8, 4) is 5.75 Å². The number of benzene rings is 1. The Morgan fingerprint density at radius 1 is 1.29 bits per heavy atom. The second kappa shape index (κ2) is 8.09. The van der Waals surface area contributed by atoms with Crippen molar-refractivity contribution in [2.45, 2.75) is 32.9 Å². The van der Waals surface area contributed by atoms with E-state index in [0.717, 1.165) is 25.3 Å². The quantitative estimate of drug-likeness (QED) is 0.705. The van der Waals surface area contributed by atoms with E-state index in [1.54, 1.807) is 7.11 Å². The molecule has 17 heavy (non-hydrogen) atoms. The molecule has 0 heterocycles. The van der Waals surface area contributed by atoms with Crippen molar-refractivity contribution >= 4 is 0 Å². The molecule has 0 radical (unpaired) electrons. The smallest absolute Gasteiger partial charge is 0.124 e. The average molecular weight is 237 g/mol. The molecular weight excluding hydrogens is 214 g/mol. The zero-order valence-electron chi connectivity index (χ0n) is 11.0. The number of ether oxygens (including phenoxy) is 2. The number of nitrogens with one attached hydrogen (secondary N) is 1. The summed E-state index contributed by atoms with van der Waals surface area (Å²) in [5, 5.41) is 3.39. The van der Waals surface area contributed by atoms with Crippen molar-refractivity contribution in [2.75, 3.05) is 20.3 Å². The van der Waals surface area contributed by atoms with Gasteiger partial charge >= 0.3 is 0 Å². The zero-order valence-corrected chi connectivity index (χ0v) is 11.0. The second-order valence-electron chi connectivity index (χ2n) is 4.17. The summed E-state index contributed by atoms with van der Waals surface area (Å²) in [4.78, 5) is 0. The summed E-state index contributed by atoms with van der Waals surface area (Å²) >= 11 is 0. The molecule has 1 unspecified atom stereocenters. The molecule has 96 valence electrons. The summed E-state index contributed by atoms with van der Waals surface area (Å²) in [7, 11) is 1.69. The molecular formula is C14H23NO2. The Morgan fingerprint density at radius 2 is 2.06 bits per heavy atom. The molecule has 0 fully saturated rings. The first-order valence-corrected chi connectivity index (χ1v) is 6.22.